The molecule has 1 rings (SSSR count). The van der Waals surface area contributed by atoms with Crippen molar-refractivity contribution < 1.29 is 17.9 Å². The molecule has 1 aromatic rings. The van der Waals surface area contributed by atoms with Gasteiger partial charge < -0.3 is 4.74 Å². The van der Waals surface area contributed by atoms with E-state index in [2.05, 4.69) is 4.72 Å². The Morgan fingerprint density at radius 3 is 2.55 bits per heavy atom. The fourth-order valence-corrected chi connectivity index (χ4v) is 3.19. The summed E-state index contributed by atoms with van der Waals surface area (Å²) in [7, 11) is -3.40. The lowest BCUT2D eigenvalue weighted by molar-refractivity contribution is -0.142. The molecule has 6 heteroatoms. The maximum absolute atomic E-state index is 11.9. The Balaban J connectivity index is 2.43. The first-order valence-corrected chi connectivity index (χ1v) is 8.27. The van der Waals surface area contributed by atoms with Gasteiger partial charge in [-0.2, -0.15) is 0 Å². The molecule has 0 aromatic heterocycles. The molecule has 0 amide bonds. The Kier molecular flexibility index (Phi) is 6.67. The van der Waals surface area contributed by atoms with Crippen molar-refractivity contribution in [3.05, 3.63) is 35.9 Å². The van der Waals surface area contributed by atoms with Gasteiger partial charge in [0.25, 0.3) is 0 Å². The van der Waals surface area contributed by atoms with E-state index in [0.717, 1.165) is 5.56 Å². The zero-order valence-electron chi connectivity index (χ0n) is 11.8. The second-order valence-electron chi connectivity index (χ2n) is 4.54. The SMILES string of the molecule is CCOC(=O)CCNS(=O)(=O)CC(C)c1ccccc1. The van der Waals surface area contributed by atoms with Crippen LogP contribution in [0.2, 0.25) is 0 Å². The van der Waals surface area contributed by atoms with Crippen molar-refractivity contribution in [2.75, 3.05) is 18.9 Å². The lowest BCUT2D eigenvalue weighted by Crippen LogP contribution is -2.30. The molecule has 1 aromatic carbocycles. The molecule has 0 spiro atoms. The molecule has 1 atom stereocenters. The Hall–Kier alpha value is -1.40. The zero-order chi connectivity index (χ0) is 15.0. The molecule has 1 N–H and O–H groups in total. The summed E-state index contributed by atoms with van der Waals surface area (Å²) in [5.41, 5.74) is 0.975. The van der Waals surface area contributed by atoms with Crippen LogP contribution in [0.3, 0.4) is 0 Å². The Bertz CT molecular complexity index is 513. The van der Waals surface area contributed by atoms with Gasteiger partial charge >= 0.3 is 5.97 Å². The summed E-state index contributed by atoms with van der Waals surface area (Å²) in [6.07, 6.45) is 0.0484. The summed E-state index contributed by atoms with van der Waals surface area (Å²) in [5.74, 6) is -0.498. The van der Waals surface area contributed by atoms with E-state index in [1.54, 1.807) is 6.92 Å². The summed E-state index contributed by atoms with van der Waals surface area (Å²) in [6, 6.07) is 9.46. The zero-order valence-corrected chi connectivity index (χ0v) is 12.7. The van der Waals surface area contributed by atoms with Crippen molar-refractivity contribution in [2.24, 2.45) is 0 Å². The quantitative estimate of drug-likeness (QED) is 0.741. The van der Waals surface area contributed by atoms with Crippen LogP contribution in [0.4, 0.5) is 0 Å². The van der Waals surface area contributed by atoms with Crippen molar-refractivity contribution in [2.45, 2.75) is 26.2 Å². The molecule has 0 bridgehead atoms. The number of nitrogens with one attached hydrogen (secondary N) is 1. The summed E-state index contributed by atoms with van der Waals surface area (Å²) in [5, 5.41) is 0. The Morgan fingerprint density at radius 2 is 1.95 bits per heavy atom. The van der Waals surface area contributed by atoms with Gasteiger partial charge in [-0.3, -0.25) is 4.79 Å². The molecule has 20 heavy (non-hydrogen) atoms. The average Bonchev–Trinajstić information content (AvgIpc) is 2.39. The molecule has 1 unspecified atom stereocenters. The van der Waals surface area contributed by atoms with Crippen LogP contribution in [-0.2, 0) is 19.6 Å². The normalized spacial score (nSPS) is 12.9. The van der Waals surface area contributed by atoms with E-state index < -0.39 is 16.0 Å². The lowest BCUT2D eigenvalue weighted by Gasteiger charge is -2.13. The second kappa shape index (κ2) is 8.01. The minimum absolute atomic E-state index is 0.000160. The fraction of sp³-hybridized carbons (Fsp3) is 0.500. The van der Waals surface area contributed by atoms with E-state index in [4.69, 9.17) is 4.74 Å². The van der Waals surface area contributed by atoms with Gasteiger partial charge in [-0.25, -0.2) is 13.1 Å². The molecular formula is C14H21NO4S. The van der Waals surface area contributed by atoms with Crippen molar-refractivity contribution >= 4 is 16.0 Å². The van der Waals surface area contributed by atoms with Gasteiger partial charge in [0.05, 0.1) is 18.8 Å². The lowest BCUT2D eigenvalue weighted by atomic mass is 10.0. The van der Waals surface area contributed by atoms with Crippen LogP contribution in [0.1, 0.15) is 31.7 Å². The summed E-state index contributed by atoms with van der Waals surface area (Å²) >= 11 is 0. The molecule has 112 valence electrons. The number of carbonyl (C=O) groups is 1. The monoisotopic (exact) mass is 299 g/mol. The standard InChI is InChI=1S/C14H21NO4S/c1-3-19-14(16)9-10-15-20(17,18)11-12(2)13-7-5-4-6-8-13/h4-8,12,15H,3,9-11H2,1-2H3. The van der Waals surface area contributed by atoms with Crippen LogP contribution in [0, 0.1) is 0 Å². The van der Waals surface area contributed by atoms with E-state index in [0.29, 0.717) is 6.61 Å². The first kappa shape index (κ1) is 16.7. The van der Waals surface area contributed by atoms with Crippen LogP contribution in [0.5, 0.6) is 0 Å². The average molecular weight is 299 g/mol. The number of carbonyl (C=O) groups excluding carboxylic acids is 1. The second-order valence-corrected chi connectivity index (χ2v) is 6.39. The molecule has 0 radical (unpaired) electrons. The molecule has 0 heterocycles. The summed E-state index contributed by atoms with van der Waals surface area (Å²) in [4.78, 5) is 11.1. The van der Waals surface area contributed by atoms with Gasteiger partial charge in [-0.1, -0.05) is 37.3 Å². The first-order valence-electron chi connectivity index (χ1n) is 6.62. The molecular weight excluding hydrogens is 278 g/mol. The number of ether oxygens (including phenoxy) is 1. The Morgan fingerprint density at radius 1 is 1.30 bits per heavy atom. The van der Waals surface area contributed by atoms with Gasteiger partial charge in [0.2, 0.25) is 10.0 Å². The molecule has 0 fully saturated rings. The topological polar surface area (TPSA) is 72.5 Å². The van der Waals surface area contributed by atoms with Crippen LogP contribution in [-0.4, -0.2) is 33.3 Å². The number of benzene rings is 1. The van der Waals surface area contributed by atoms with Crippen LogP contribution in [0.15, 0.2) is 30.3 Å². The molecule has 5 nitrogen and oxygen atoms in total. The third-order valence-electron chi connectivity index (χ3n) is 2.79. The minimum Gasteiger partial charge on any atom is -0.466 e. The van der Waals surface area contributed by atoms with E-state index >= 15 is 0 Å². The van der Waals surface area contributed by atoms with E-state index in [1.807, 2.05) is 37.3 Å². The molecule has 0 aliphatic rings. The van der Waals surface area contributed by atoms with Gasteiger partial charge in [-0.15, -0.1) is 0 Å². The summed E-state index contributed by atoms with van der Waals surface area (Å²) in [6.45, 7) is 3.95. The third kappa shape index (κ3) is 6.16. The molecule has 0 saturated heterocycles. The number of esters is 1. The fourth-order valence-electron chi connectivity index (χ4n) is 1.81. The van der Waals surface area contributed by atoms with Gasteiger partial charge in [-0.05, 0) is 18.4 Å². The number of hydrogen-bond acceptors (Lipinski definition) is 4. The van der Waals surface area contributed by atoms with E-state index in [1.165, 1.54) is 0 Å². The maximum atomic E-state index is 11.9. The van der Waals surface area contributed by atoms with Crippen LogP contribution in [0.25, 0.3) is 0 Å². The molecule has 0 aliphatic carbocycles. The predicted octanol–water partition coefficient (Wildman–Crippen LogP) is 1.66. The smallest absolute Gasteiger partial charge is 0.307 e. The highest BCUT2D eigenvalue weighted by Crippen LogP contribution is 2.16. The number of sulfonamides is 1. The Labute approximate surface area is 120 Å². The largest absolute Gasteiger partial charge is 0.466 e. The molecule has 0 saturated carbocycles. The van der Waals surface area contributed by atoms with Crippen molar-refractivity contribution in [1.29, 1.82) is 0 Å². The number of hydrogen-bond donors (Lipinski definition) is 1. The van der Waals surface area contributed by atoms with E-state index in [-0.39, 0.29) is 24.6 Å². The third-order valence-corrected chi connectivity index (χ3v) is 4.38. The van der Waals surface area contributed by atoms with Crippen LogP contribution < -0.4 is 4.72 Å². The highest BCUT2D eigenvalue weighted by molar-refractivity contribution is 7.89. The van der Waals surface area contributed by atoms with Crippen LogP contribution >= 0.6 is 0 Å². The first-order chi connectivity index (χ1) is 9.44. The summed E-state index contributed by atoms with van der Waals surface area (Å²) < 4.78 is 30.9. The number of rotatable bonds is 8. The van der Waals surface area contributed by atoms with Crippen molar-refractivity contribution in [3.63, 3.8) is 0 Å². The van der Waals surface area contributed by atoms with Crippen molar-refractivity contribution in [3.8, 4) is 0 Å². The predicted molar refractivity (Wildman–Crippen MR) is 77.9 cm³/mol. The molecule has 0 aliphatic heterocycles. The van der Waals surface area contributed by atoms with Gasteiger partial charge in [0, 0.05) is 6.54 Å². The van der Waals surface area contributed by atoms with Gasteiger partial charge in [0.1, 0.15) is 0 Å². The minimum atomic E-state index is -3.40. The highest BCUT2D eigenvalue weighted by atomic mass is 32.2. The van der Waals surface area contributed by atoms with Crippen molar-refractivity contribution in [1.82, 2.24) is 4.72 Å². The highest BCUT2D eigenvalue weighted by Gasteiger charge is 2.17. The van der Waals surface area contributed by atoms with Gasteiger partial charge in [0.15, 0.2) is 0 Å². The van der Waals surface area contributed by atoms with E-state index in [9.17, 15) is 13.2 Å². The maximum Gasteiger partial charge on any atom is 0.307 e.